The lowest BCUT2D eigenvalue weighted by Gasteiger charge is -2.41. The molecule has 19 heavy (non-hydrogen) atoms. The van der Waals surface area contributed by atoms with E-state index in [9.17, 15) is 0 Å². The Balaban J connectivity index is 1.66. The Hall–Kier alpha value is -0.860. The lowest BCUT2D eigenvalue weighted by atomic mass is 9.95. The van der Waals surface area contributed by atoms with Crippen LogP contribution in [0.25, 0.3) is 0 Å². The molecule has 1 heterocycles. The summed E-state index contributed by atoms with van der Waals surface area (Å²) in [5.74, 6) is 0. The molecule has 1 saturated heterocycles. The van der Waals surface area contributed by atoms with Crippen LogP contribution in [0.2, 0.25) is 0 Å². The zero-order chi connectivity index (χ0) is 13.6. The van der Waals surface area contributed by atoms with Crippen LogP contribution in [0.5, 0.6) is 0 Å². The Labute approximate surface area is 118 Å². The van der Waals surface area contributed by atoms with E-state index in [2.05, 4.69) is 54.4 Å². The van der Waals surface area contributed by atoms with Gasteiger partial charge in [0.2, 0.25) is 0 Å². The van der Waals surface area contributed by atoms with Crippen molar-refractivity contribution in [2.45, 2.75) is 45.1 Å². The number of nitrogens with zero attached hydrogens (tertiary/aromatic N) is 1. The van der Waals surface area contributed by atoms with Crippen molar-refractivity contribution in [3.05, 3.63) is 35.9 Å². The smallest absolute Gasteiger partial charge is 0.0278 e. The van der Waals surface area contributed by atoms with Gasteiger partial charge in [0.25, 0.3) is 0 Å². The van der Waals surface area contributed by atoms with Gasteiger partial charge >= 0.3 is 0 Å². The number of aryl methyl sites for hydroxylation is 1. The SMILES string of the molecule is CCC1(C)CN(CCCCc2ccccc2)CCN1. The second kappa shape index (κ2) is 7.06. The van der Waals surface area contributed by atoms with Gasteiger partial charge in [-0.05, 0) is 44.7 Å². The van der Waals surface area contributed by atoms with Crippen molar-refractivity contribution in [3.63, 3.8) is 0 Å². The third kappa shape index (κ3) is 4.63. The van der Waals surface area contributed by atoms with Crippen molar-refractivity contribution in [2.75, 3.05) is 26.2 Å². The van der Waals surface area contributed by atoms with Crippen molar-refractivity contribution >= 4 is 0 Å². The maximum atomic E-state index is 3.65. The Morgan fingerprint density at radius 2 is 2.00 bits per heavy atom. The molecule has 1 unspecified atom stereocenters. The minimum atomic E-state index is 0.331. The van der Waals surface area contributed by atoms with Gasteiger partial charge in [-0.1, -0.05) is 37.3 Å². The van der Waals surface area contributed by atoms with Crippen molar-refractivity contribution < 1.29 is 0 Å². The summed E-state index contributed by atoms with van der Waals surface area (Å²) < 4.78 is 0. The Morgan fingerprint density at radius 1 is 1.21 bits per heavy atom. The summed E-state index contributed by atoms with van der Waals surface area (Å²) in [6.45, 7) is 9.44. The van der Waals surface area contributed by atoms with E-state index in [-0.39, 0.29) is 0 Å². The third-order valence-corrected chi connectivity index (χ3v) is 4.37. The monoisotopic (exact) mass is 260 g/mol. The zero-order valence-electron chi connectivity index (χ0n) is 12.5. The molecule has 1 N–H and O–H groups in total. The largest absolute Gasteiger partial charge is 0.309 e. The van der Waals surface area contributed by atoms with E-state index < -0.39 is 0 Å². The number of piperazine rings is 1. The molecule has 0 bridgehead atoms. The van der Waals surface area contributed by atoms with Crippen molar-refractivity contribution in [3.8, 4) is 0 Å². The summed E-state index contributed by atoms with van der Waals surface area (Å²) in [6.07, 6.45) is 5.05. The molecule has 0 spiro atoms. The van der Waals surface area contributed by atoms with Crippen LogP contribution in [-0.2, 0) is 6.42 Å². The first-order chi connectivity index (χ1) is 9.22. The van der Waals surface area contributed by atoms with E-state index in [1.54, 1.807) is 0 Å². The molecular weight excluding hydrogens is 232 g/mol. The van der Waals surface area contributed by atoms with Crippen LogP contribution in [0.3, 0.4) is 0 Å². The first kappa shape index (κ1) is 14.5. The number of hydrogen-bond donors (Lipinski definition) is 1. The third-order valence-electron chi connectivity index (χ3n) is 4.37. The number of rotatable bonds is 6. The molecule has 0 saturated carbocycles. The summed E-state index contributed by atoms with van der Waals surface area (Å²) in [7, 11) is 0. The molecule has 0 aromatic heterocycles. The van der Waals surface area contributed by atoms with Gasteiger partial charge in [-0.25, -0.2) is 0 Å². The van der Waals surface area contributed by atoms with E-state index >= 15 is 0 Å². The number of hydrogen-bond acceptors (Lipinski definition) is 2. The second-order valence-corrected chi connectivity index (χ2v) is 6.06. The summed E-state index contributed by atoms with van der Waals surface area (Å²) in [5.41, 5.74) is 1.80. The zero-order valence-corrected chi connectivity index (χ0v) is 12.5. The fourth-order valence-electron chi connectivity index (χ4n) is 2.88. The molecule has 0 amide bonds. The van der Waals surface area contributed by atoms with E-state index in [0.29, 0.717) is 5.54 Å². The molecule has 2 heteroatoms. The fraction of sp³-hybridized carbons (Fsp3) is 0.647. The van der Waals surface area contributed by atoms with Gasteiger partial charge in [-0.15, -0.1) is 0 Å². The predicted molar refractivity (Wildman–Crippen MR) is 82.5 cm³/mol. The van der Waals surface area contributed by atoms with Crippen molar-refractivity contribution in [2.24, 2.45) is 0 Å². The number of benzene rings is 1. The highest BCUT2D eigenvalue weighted by Gasteiger charge is 2.27. The van der Waals surface area contributed by atoms with Gasteiger partial charge in [-0.3, -0.25) is 0 Å². The molecule has 106 valence electrons. The maximum Gasteiger partial charge on any atom is 0.0278 e. The fourth-order valence-corrected chi connectivity index (χ4v) is 2.88. The highest BCUT2D eigenvalue weighted by Crippen LogP contribution is 2.15. The van der Waals surface area contributed by atoms with Gasteiger partial charge in [-0.2, -0.15) is 0 Å². The van der Waals surface area contributed by atoms with Gasteiger partial charge in [0, 0.05) is 25.2 Å². The molecule has 1 aromatic carbocycles. The lowest BCUT2D eigenvalue weighted by molar-refractivity contribution is 0.138. The molecule has 0 aliphatic carbocycles. The second-order valence-electron chi connectivity index (χ2n) is 6.06. The molecule has 1 aromatic rings. The maximum absolute atomic E-state index is 3.65. The van der Waals surface area contributed by atoms with Gasteiger partial charge in [0.15, 0.2) is 0 Å². The van der Waals surface area contributed by atoms with E-state index in [1.165, 1.54) is 50.9 Å². The molecular formula is C17H28N2. The molecule has 2 rings (SSSR count). The van der Waals surface area contributed by atoms with Gasteiger partial charge in [0.1, 0.15) is 0 Å². The van der Waals surface area contributed by atoms with Crippen LogP contribution in [0.1, 0.15) is 38.7 Å². The molecule has 1 fully saturated rings. The van der Waals surface area contributed by atoms with Crippen LogP contribution >= 0.6 is 0 Å². The molecule has 2 nitrogen and oxygen atoms in total. The van der Waals surface area contributed by atoms with Crippen LogP contribution in [0, 0.1) is 0 Å². The quantitative estimate of drug-likeness (QED) is 0.791. The normalized spacial score (nSPS) is 24.5. The number of nitrogens with one attached hydrogen (secondary N) is 1. The van der Waals surface area contributed by atoms with Crippen LogP contribution < -0.4 is 5.32 Å². The van der Waals surface area contributed by atoms with E-state index in [0.717, 1.165) is 6.54 Å². The van der Waals surface area contributed by atoms with E-state index in [4.69, 9.17) is 0 Å². The molecule has 1 aliphatic rings. The molecule has 1 atom stereocenters. The topological polar surface area (TPSA) is 15.3 Å². The van der Waals surface area contributed by atoms with Crippen molar-refractivity contribution in [1.82, 2.24) is 10.2 Å². The van der Waals surface area contributed by atoms with Crippen LogP contribution in [0.15, 0.2) is 30.3 Å². The minimum Gasteiger partial charge on any atom is -0.309 e. The Bertz CT molecular complexity index is 363. The predicted octanol–water partition coefficient (Wildman–Crippen LogP) is 3.08. The first-order valence-electron chi connectivity index (χ1n) is 7.73. The Kier molecular flexibility index (Phi) is 5.41. The summed E-state index contributed by atoms with van der Waals surface area (Å²) in [4.78, 5) is 2.63. The standard InChI is InChI=1S/C17H28N2/c1-3-17(2)15-19(14-12-18-17)13-8-7-11-16-9-5-4-6-10-16/h4-6,9-10,18H,3,7-8,11-15H2,1-2H3. The average molecular weight is 260 g/mol. The highest BCUT2D eigenvalue weighted by atomic mass is 15.2. The first-order valence-corrected chi connectivity index (χ1v) is 7.73. The summed E-state index contributed by atoms with van der Waals surface area (Å²) in [6, 6.07) is 10.8. The lowest BCUT2D eigenvalue weighted by Crippen LogP contribution is -2.58. The summed E-state index contributed by atoms with van der Waals surface area (Å²) >= 11 is 0. The molecule has 0 radical (unpaired) electrons. The van der Waals surface area contributed by atoms with Crippen LogP contribution in [-0.4, -0.2) is 36.6 Å². The summed E-state index contributed by atoms with van der Waals surface area (Å²) in [5, 5.41) is 3.65. The minimum absolute atomic E-state index is 0.331. The Morgan fingerprint density at radius 3 is 2.74 bits per heavy atom. The number of unbranched alkanes of at least 4 members (excludes halogenated alkanes) is 1. The van der Waals surface area contributed by atoms with Crippen molar-refractivity contribution in [1.29, 1.82) is 0 Å². The van der Waals surface area contributed by atoms with Gasteiger partial charge < -0.3 is 10.2 Å². The van der Waals surface area contributed by atoms with Crippen LogP contribution in [0.4, 0.5) is 0 Å². The average Bonchev–Trinajstić information content (AvgIpc) is 2.45. The van der Waals surface area contributed by atoms with E-state index in [1.807, 2.05) is 0 Å². The van der Waals surface area contributed by atoms with Gasteiger partial charge in [0.05, 0.1) is 0 Å². The highest BCUT2D eigenvalue weighted by molar-refractivity contribution is 5.14. The molecule has 1 aliphatic heterocycles.